The second kappa shape index (κ2) is 6.80. The van der Waals surface area contributed by atoms with Gasteiger partial charge in [0.05, 0.1) is 15.9 Å². The lowest BCUT2D eigenvalue weighted by Gasteiger charge is -2.08. The van der Waals surface area contributed by atoms with Gasteiger partial charge in [0.2, 0.25) is 5.91 Å². The van der Waals surface area contributed by atoms with Gasteiger partial charge in [0, 0.05) is 33.6 Å². The number of aromatic amines is 1. The predicted molar refractivity (Wildman–Crippen MR) is 106 cm³/mol. The number of aromatic nitrogens is 1. The van der Waals surface area contributed by atoms with E-state index in [-0.39, 0.29) is 11.3 Å². The number of thiophene rings is 1. The summed E-state index contributed by atoms with van der Waals surface area (Å²) in [6, 6.07) is 7.68. The topological polar surface area (TPSA) is 54.1 Å². The van der Waals surface area contributed by atoms with Gasteiger partial charge in [-0.1, -0.05) is 30.1 Å². The Kier molecular flexibility index (Phi) is 4.63. The summed E-state index contributed by atoms with van der Waals surface area (Å²) >= 11 is 13.9. The molecule has 2 heterocycles. The van der Waals surface area contributed by atoms with Crippen LogP contribution in [0.4, 0.5) is 0 Å². The van der Waals surface area contributed by atoms with Crippen molar-refractivity contribution in [1.29, 1.82) is 0 Å². The number of carbonyl (C=O) groups excluding carboxylic acids is 1. The molecule has 1 aliphatic carbocycles. The van der Waals surface area contributed by atoms with Crippen molar-refractivity contribution < 1.29 is 9.53 Å². The lowest BCUT2D eigenvalue weighted by atomic mass is 10.1. The molecular formula is C19H18Cl2N2O2S. The summed E-state index contributed by atoms with van der Waals surface area (Å²) in [5.41, 5.74) is 2.63. The van der Waals surface area contributed by atoms with Crippen LogP contribution >= 0.6 is 34.5 Å². The highest BCUT2D eigenvalue weighted by Crippen LogP contribution is 2.45. The number of rotatable bonds is 6. The van der Waals surface area contributed by atoms with Crippen LogP contribution in [-0.2, 0) is 17.9 Å². The Morgan fingerprint density at radius 1 is 1.35 bits per heavy atom. The van der Waals surface area contributed by atoms with Gasteiger partial charge >= 0.3 is 0 Å². The van der Waals surface area contributed by atoms with Crippen LogP contribution in [0.15, 0.2) is 29.6 Å². The standard InChI is InChI=1S/C19H18Cl2N2O2S/c1-19(3-4-19)18(24)22-9-13-6-12-7-14(20)16(8-15(12)23-13)25-10-11-2-5-26-17(11)21/h2,5-8,23H,3-4,9-10H2,1H3,(H,22,24). The smallest absolute Gasteiger partial charge is 0.226 e. The molecule has 1 amide bonds. The number of carbonyl (C=O) groups is 1. The summed E-state index contributed by atoms with van der Waals surface area (Å²) in [5, 5.41) is 6.45. The van der Waals surface area contributed by atoms with E-state index in [2.05, 4.69) is 10.3 Å². The lowest BCUT2D eigenvalue weighted by molar-refractivity contribution is -0.125. The van der Waals surface area contributed by atoms with Gasteiger partial charge in [-0.25, -0.2) is 0 Å². The maximum absolute atomic E-state index is 12.1. The van der Waals surface area contributed by atoms with Gasteiger partial charge in [-0.15, -0.1) is 11.3 Å². The molecule has 0 radical (unpaired) electrons. The van der Waals surface area contributed by atoms with E-state index in [1.807, 2.05) is 36.6 Å². The number of amides is 1. The van der Waals surface area contributed by atoms with E-state index < -0.39 is 0 Å². The van der Waals surface area contributed by atoms with Crippen molar-refractivity contribution in [2.75, 3.05) is 0 Å². The number of nitrogens with one attached hydrogen (secondary N) is 2. The largest absolute Gasteiger partial charge is 0.487 e. The average Bonchev–Trinajstić information content (AvgIpc) is 3.05. The maximum atomic E-state index is 12.1. The van der Waals surface area contributed by atoms with Gasteiger partial charge in [-0.3, -0.25) is 4.79 Å². The van der Waals surface area contributed by atoms with Crippen LogP contribution in [0, 0.1) is 5.41 Å². The number of hydrogen-bond donors (Lipinski definition) is 2. The van der Waals surface area contributed by atoms with Crippen LogP contribution in [0.5, 0.6) is 5.75 Å². The van der Waals surface area contributed by atoms with Gasteiger partial charge in [0.1, 0.15) is 12.4 Å². The van der Waals surface area contributed by atoms with E-state index in [1.54, 1.807) is 0 Å². The predicted octanol–water partition coefficient (Wildman–Crippen LogP) is 5.53. The Morgan fingerprint density at radius 2 is 2.15 bits per heavy atom. The normalized spacial score (nSPS) is 15.2. The van der Waals surface area contributed by atoms with E-state index >= 15 is 0 Å². The zero-order chi connectivity index (χ0) is 18.3. The molecule has 1 aromatic carbocycles. The molecule has 0 aliphatic heterocycles. The number of fused-ring (bicyclic) bond motifs is 1. The third-order valence-electron chi connectivity index (χ3n) is 4.79. The van der Waals surface area contributed by atoms with E-state index in [0.717, 1.165) is 39.3 Å². The molecule has 0 saturated heterocycles. The van der Waals surface area contributed by atoms with E-state index in [9.17, 15) is 4.79 Å². The number of halogens is 2. The van der Waals surface area contributed by atoms with Crippen LogP contribution in [0.1, 0.15) is 31.0 Å². The van der Waals surface area contributed by atoms with E-state index in [4.69, 9.17) is 27.9 Å². The van der Waals surface area contributed by atoms with Crippen molar-refractivity contribution >= 4 is 51.3 Å². The highest BCUT2D eigenvalue weighted by atomic mass is 35.5. The quantitative estimate of drug-likeness (QED) is 0.562. The van der Waals surface area contributed by atoms with Crippen LogP contribution in [0.3, 0.4) is 0 Å². The molecule has 7 heteroatoms. The van der Waals surface area contributed by atoms with Gasteiger partial charge in [0.25, 0.3) is 0 Å². The first-order valence-corrected chi connectivity index (χ1v) is 10.0. The van der Waals surface area contributed by atoms with Crippen molar-refractivity contribution in [3.63, 3.8) is 0 Å². The molecule has 136 valence electrons. The molecule has 2 N–H and O–H groups in total. The Morgan fingerprint density at radius 3 is 2.85 bits per heavy atom. The molecule has 26 heavy (non-hydrogen) atoms. The molecule has 0 unspecified atom stereocenters. The highest BCUT2D eigenvalue weighted by molar-refractivity contribution is 7.14. The maximum Gasteiger partial charge on any atom is 0.226 e. The first-order chi connectivity index (χ1) is 12.4. The molecule has 3 aromatic rings. The van der Waals surface area contributed by atoms with E-state index in [0.29, 0.717) is 23.9 Å². The van der Waals surface area contributed by atoms with Crippen molar-refractivity contribution in [2.45, 2.75) is 32.9 Å². The third-order valence-corrected chi connectivity index (χ3v) is 6.34. The van der Waals surface area contributed by atoms with Crippen molar-refractivity contribution in [3.05, 3.63) is 50.3 Å². The molecule has 1 aliphatic rings. The molecular weight excluding hydrogens is 391 g/mol. The molecule has 4 rings (SSSR count). The number of H-pyrrole nitrogens is 1. The average molecular weight is 409 g/mol. The molecule has 0 bridgehead atoms. The minimum absolute atomic E-state index is 0.117. The number of hydrogen-bond acceptors (Lipinski definition) is 3. The molecule has 2 aromatic heterocycles. The minimum atomic E-state index is -0.167. The fourth-order valence-corrected chi connectivity index (χ4v) is 3.91. The van der Waals surface area contributed by atoms with Crippen molar-refractivity contribution in [1.82, 2.24) is 10.3 Å². The summed E-state index contributed by atoms with van der Waals surface area (Å²) in [6.45, 7) is 2.84. The fraction of sp³-hybridized carbons (Fsp3) is 0.316. The second-order valence-electron chi connectivity index (χ2n) is 6.92. The Hall–Kier alpha value is -1.69. The summed E-state index contributed by atoms with van der Waals surface area (Å²) in [4.78, 5) is 15.4. The molecule has 1 fully saturated rings. The monoisotopic (exact) mass is 408 g/mol. The molecule has 0 spiro atoms. The van der Waals surface area contributed by atoms with Gasteiger partial charge < -0.3 is 15.0 Å². The molecule has 0 atom stereocenters. The second-order valence-corrected chi connectivity index (χ2v) is 8.84. The summed E-state index contributed by atoms with van der Waals surface area (Å²) < 4.78 is 6.56. The Labute approximate surface area is 165 Å². The first kappa shape index (κ1) is 17.7. The lowest BCUT2D eigenvalue weighted by Crippen LogP contribution is -2.29. The summed E-state index contributed by atoms with van der Waals surface area (Å²) in [5.74, 6) is 0.718. The third kappa shape index (κ3) is 3.56. The van der Waals surface area contributed by atoms with Crippen LogP contribution in [-0.4, -0.2) is 10.9 Å². The zero-order valence-electron chi connectivity index (χ0n) is 14.2. The van der Waals surface area contributed by atoms with Gasteiger partial charge in [0.15, 0.2) is 0 Å². The summed E-state index contributed by atoms with van der Waals surface area (Å²) in [6.07, 6.45) is 1.94. The zero-order valence-corrected chi connectivity index (χ0v) is 16.5. The first-order valence-electron chi connectivity index (χ1n) is 8.39. The van der Waals surface area contributed by atoms with Crippen molar-refractivity contribution in [2.24, 2.45) is 5.41 Å². The van der Waals surface area contributed by atoms with E-state index in [1.165, 1.54) is 11.3 Å². The Balaban J connectivity index is 1.47. The minimum Gasteiger partial charge on any atom is -0.487 e. The highest BCUT2D eigenvalue weighted by Gasteiger charge is 2.44. The van der Waals surface area contributed by atoms with Crippen LogP contribution in [0.2, 0.25) is 9.36 Å². The summed E-state index contributed by atoms with van der Waals surface area (Å²) in [7, 11) is 0. The van der Waals surface area contributed by atoms with Gasteiger partial charge in [-0.05, 0) is 36.4 Å². The Bertz CT molecular complexity index is 975. The number of benzene rings is 1. The number of ether oxygens (including phenoxy) is 1. The van der Waals surface area contributed by atoms with Crippen molar-refractivity contribution in [3.8, 4) is 5.75 Å². The molecule has 1 saturated carbocycles. The van der Waals surface area contributed by atoms with Crippen LogP contribution in [0.25, 0.3) is 10.9 Å². The van der Waals surface area contributed by atoms with Crippen LogP contribution < -0.4 is 10.1 Å². The molecule has 4 nitrogen and oxygen atoms in total. The van der Waals surface area contributed by atoms with Gasteiger partial charge in [-0.2, -0.15) is 0 Å². The fourth-order valence-electron chi connectivity index (χ4n) is 2.78. The SMILES string of the molecule is CC1(C(=O)NCc2cc3cc(Cl)c(OCc4ccsc4Cl)cc3[nH]2)CC1.